The topological polar surface area (TPSA) is 67.4 Å². The number of fused-ring (bicyclic) bond motifs is 1. The number of halogens is 2. The second kappa shape index (κ2) is 6.93. The highest BCUT2D eigenvalue weighted by Gasteiger charge is 2.27. The lowest BCUT2D eigenvalue weighted by Gasteiger charge is -2.23. The van der Waals surface area contributed by atoms with Crippen LogP contribution in [0.1, 0.15) is 25.3 Å². The van der Waals surface area contributed by atoms with Gasteiger partial charge in [0.2, 0.25) is 10.0 Å². The Morgan fingerprint density at radius 1 is 1.41 bits per heavy atom. The van der Waals surface area contributed by atoms with Crippen LogP contribution in [0.25, 0.3) is 0 Å². The van der Waals surface area contributed by atoms with Crippen molar-refractivity contribution in [3.63, 3.8) is 0 Å². The molecular formula is C14H20Cl2N2O3S. The molecule has 0 aromatic heterocycles. The van der Waals surface area contributed by atoms with Gasteiger partial charge in [0.05, 0.1) is 9.92 Å². The molecule has 3 rings (SSSR count). The lowest BCUT2D eigenvalue weighted by Crippen LogP contribution is -2.45. The van der Waals surface area contributed by atoms with E-state index in [2.05, 4.69) is 10.0 Å². The predicted octanol–water partition coefficient (Wildman–Crippen LogP) is 2.12. The standard InChI is InChI=1S/C14H19ClN2O3S.ClH/c1-9-5-10-6-12(7-13(15)14(10)20-9)21(18,19)17-11-3-2-4-16-8-11;/h6-7,9,11,16-17H,2-5,8H2,1H3;1H. The Morgan fingerprint density at radius 2 is 2.18 bits per heavy atom. The van der Waals surface area contributed by atoms with E-state index in [0.29, 0.717) is 23.7 Å². The van der Waals surface area contributed by atoms with Crippen LogP contribution >= 0.6 is 24.0 Å². The molecule has 0 aliphatic carbocycles. The Labute approximate surface area is 142 Å². The van der Waals surface area contributed by atoms with Crippen molar-refractivity contribution in [2.45, 2.75) is 43.2 Å². The zero-order valence-electron chi connectivity index (χ0n) is 12.3. The largest absolute Gasteiger partial charge is 0.489 e. The maximum atomic E-state index is 12.5. The molecule has 2 aliphatic rings. The number of benzene rings is 1. The van der Waals surface area contributed by atoms with Gasteiger partial charge in [-0.05, 0) is 38.4 Å². The van der Waals surface area contributed by atoms with Crippen LogP contribution in [0, 0.1) is 0 Å². The normalized spacial score (nSPS) is 24.3. The fourth-order valence-electron chi connectivity index (χ4n) is 2.85. The molecule has 2 heterocycles. The number of nitrogens with one attached hydrogen (secondary N) is 2. The Kier molecular flexibility index (Phi) is 5.61. The number of ether oxygens (including phenoxy) is 1. The minimum Gasteiger partial charge on any atom is -0.489 e. The maximum Gasteiger partial charge on any atom is 0.240 e. The Hall–Kier alpha value is -0.530. The van der Waals surface area contributed by atoms with E-state index in [1.807, 2.05) is 6.92 Å². The molecule has 22 heavy (non-hydrogen) atoms. The number of hydrogen-bond donors (Lipinski definition) is 2. The third kappa shape index (κ3) is 3.68. The summed E-state index contributed by atoms with van der Waals surface area (Å²) < 4.78 is 33.3. The number of piperidine rings is 1. The molecule has 2 unspecified atom stereocenters. The Morgan fingerprint density at radius 3 is 2.86 bits per heavy atom. The van der Waals surface area contributed by atoms with Crippen molar-refractivity contribution < 1.29 is 13.2 Å². The first kappa shape index (κ1) is 17.8. The van der Waals surface area contributed by atoms with Gasteiger partial charge >= 0.3 is 0 Å². The molecular weight excluding hydrogens is 347 g/mol. The van der Waals surface area contributed by atoms with E-state index in [9.17, 15) is 8.42 Å². The van der Waals surface area contributed by atoms with Gasteiger partial charge in [-0.15, -0.1) is 12.4 Å². The summed E-state index contributed by atoms with van der Waals surface area (Å²) in [5.74, 6) is 0.613. The lowest BCUT2D eigenvalue weighted by atomic mass is 10.1. The number of rotatable bonds is 3. The monoisotopic (exact) mass is 366 g/mol. The molecule has 1 aromatic carbocycles. The highest BCUT2D eigenvalue weighted by molar-refractivity contribution is 7.89. The molecule has 1 saturated heterocycles. The van der Waals surface area contributed by atoms with Crippen molar-refractivity contribution >= 4 is 34.0 Å². The summed E-state index contributed by atoms with van der Waals surface area (Å²) in [6, 6.07) is 3.08. The molecule has 5 nitrogen and oxygen atoms in total. The molecule has 1 aromatic rings. The highest BCUT2D eigenvalue weighted by Crippen LogP contribution is 2.38. The summed E-state index contributed by atoms with van der Waals surface area (Å²) in [5, 5.41) is 3.55. The molecule has 2 N–H and O–H groups in total. The van der Waals surface area contributed by atoms with Crippen LogP contribution in [-0.2, 0) is 16.4 Å². The maximum absolute atomic E-state index is 12.5. The summed E-state index contributed by atoms with van der Waals surface area (Å²) in [4.78, 5) is 0.217. The lowest BCUT2D eigenvalue weighted by molar-refractivity contribution is 0.255. The first-order valence-electron chi connectivity index (χ1n) is 7.18. The molecule has 2 atom stereocenters. The van der Waals surface area contributed by atoms with E-state index in [1.165, 1.54) is 6.07 Å². The van der Waals surface area contributed by atoms with Crippen molar-refractivity contribution in [1.82, 2.24) is 10.0 Å². The average Bonchev–Trinajstić information content (AvgIpc) is 2.80. The second-order valence-electron chi connectivity index (χ2n) is 5.69. The zero-order valence-corrected chi connectivity index (χ0v) is 14.7. The van der Waals surface area contributed by atoms with Crippen LogP contribution in [0.15, 0.2) is 17.0 Å². The molecule has 2 aliphatic heterocycles. The fraction of sp³-hybridized carbons (Fsp3) is 0.571. The predicted molar refractivity (Wildman–Crippen MR) is 88.7 cm³/mol. The fourth-order valence-corrected chi connectivity index (χ4v) is 4.55. The van der Waals surface area contributed by atoms with Crippen molar-refractivity contribution in [3.8, 4) is 5.75 Å². The van der Waals surface area contributed by atoms with Gasteiger partial charge in [-0.2, -0.15) is 0 Å². The van der Waals surface area contributed by atoms with Gasteiger partial charge in [0.25, 0.3) is 0 Å². The van der Waals surface area contributed by atoms with E-state index in [4.69, 9.17) is 16.3 Å². The number of sulfonamides is 1. The summed E-state index contributed by atoms with van der Waals surface area (Å²) >= 11 is 6.16. The van der Waals surface area contributed by atoms with Gasteiger partial charge in [-0.1, -0.05) is 11.6 Å². The first-order valence-corrected chi connectivity index (χ1v) is 9.04. The summed E-state index contributed by atoms with van der Waals surface area (Å²) in [6.45, 7) is 3.55. The first-order chi connectivity index (χ1) is 9.95. The van der Waals surface area contributed by atoms with Crippen molar-refractivity contribution in [2.75, 3.05) is 13.1 Å². The molecule has 0 amide bonds. The molecule has 0 spiro atoms. The van der Waals surface area contributed by atoms with E-state index in [-0.39, 0.29) is 29.4 Å². The Bertz CT molecular complexity index is 646. The third-order valence-corrected chi connectivity index (χ3v) is 5.63. The minimum absolute atomic E-state index is 0. The van der Waals surface area contributed by atoms with Crippen molar-refractivity contribution in [1.29, 1.82) is 0 Å². The van der Waals surface area contributed by atoms with E-state index in [1.54, 1.807) is 6.07 Å². The van der Waals surface area contributed by atoms with Crippen LogP contribution in [0.3, 0.4) is 0 Å². The summed E-state index contributed by atoms with van der Waals surface area (Å²) in [6.07, 6.45) is 2.55. The summed E-state index contributed by atoms with van der Waals surface area (Å²) in [7, 11) is -3.55. The van der Waals surface area contributed by atoms with Crippen LogP contribution in [-0.4, -0.2) is 33.7 Å². The zero-order chi connectivity index (χ0) is 15.0. The van der Waals surface area contributed by atoms with E-state index >= 15 is 0 Å². The SMILES string of the molecule is CC1Cc2cc(S(=O)(=O)NC3CCCNC3)cc(Cl)c2O1.Cl. The molecule has 8 heteroatoms. The average molecular weight is 367 g/mol. The Balaban J connectivity index is 0.00000176. The van der Waals surface area contributed by atoms with Crippen molar-refractivity contribution in [3.05, 3.63) is 22.7 Å². The van der Waals surface area contributed by atoms with Gasteiger partial charge < -0.3 is 10.1 Å². The van der Waals surface area contributed by atoms with Crippen LogP contribution < -0.4 is 14.8 Å². The second-order valence-corrected chi connectivity index (χ2v) is 7.81. The molecule has 1 fully saturated rings. The van der Waals surface area contributed by atoms with Crippen LogP contribution in [0.2, 0.25) is 5.02 Å². The van der Waals surface area contributed by atoms with Gasteiger partial charge in [0.15, 0.2) is 0 Å². The van der Waals surface area contributed by atoms with Crippen LogP contribution in [0.5, 0.6) is 5.75 Å². The van der Waals surface area contributed by atoms with Gasteiger partial charge in [0.1, 0.15) is 11.9 Å². The van der Waals surface area contributed by atoms with Crippen LogP contribution in [0.4, 0.5) is 0 Å². The molecule has 0 saturated carbocycles. The summed E-state index contributed by atoms with van der Waals surface area (Å²) in [5.41, 5.74) is 0.858. The van der Waals surface area contributed by atoms with Gasteiger partial charge in [0, 0.05) is 24.6 Å². The quantitative estimate of drug-likeness (QED) is 0.859. The minimum atomic E-state index is -3.55. The molecule has 124 valence electrons. The van der Waals surface area contributed by atoms with Gasteiger partial charge in [-0.25, -0.2) is 13.1 Å². The third-order valence-electron chi connectivity index (χ3n) is 3.85. The van der Waals surface area contributed by atoms with E-state index in [0.717, 1.165) is 24.9 Å². The molecule has 0 radical (unpaired) electrons. The van der Waals surface area contributed by atoms with Gasteiger partial charge in [-0.3, -0.25) is 0 Å². The number of hydrogen-bond acceptors (Lipinski definition) is 4. The molecule has 0 bridgehead atoms. The smallest absolute Gasteiger partial charge is 0.240 e. The van der Waals surface area contributed by atoms with Crippen molar-refractivity contribution in [2.24, 2.45) is 0 Å². The highest BCUT2D eigenvalue weighted by atomic mass is 35.5. The van der Waals surface area contributed by atoms with E-state index < -0.39 is 10.0 Å².